The van der Waals surface area contributed by atoms with Crippen LogP contribution >= 0.6 is 11.3 Å². The van der Waals surface area contributed by atoms with Gasteiger partial charge in [-0.1, -0.05) is 25.5 Å². The lowest BCUT2D eigenvalue weighted by molar-refractivity contribution is -0.125. The van der Waals surface area contributed by atoms with E-state index < -0.39 is 6.10 Å². The molecule has 1 N–H and O–H groups in total. The number of rotatable bonds is 5. The molecule has 0 saturated heterocycles. The molecule has 1 aliphatic carbocycles. The Morgan fingerprint density at radius 3 is 2.79 bits per heavy atom. The Kier molecular flexibility index (Phi) is 5.76. The molecule has 2 aliphatic rings. The lowest BCUT2D eigenvalue weighted by atomic mass is 9.85. The van der Waals surface area contributed by atoms with Gasteiger partial charge >= 0.3 is 5.97 Å². The number of esters is 1. The van der Waals surface area contributed by atoms with Crippen molar-refractivity contribution in [3.63, 3.8) is 0 Å². The van der Waals surface area contributed by atoms with Crippen molar-refractivity contribution in [1.82, 2.24) is 0 Å². The summed E-state index contributed by atoms with van der Waals surface area (Å²) in [4.78, 5) is 26.7. The summed E-state index contributed by atoms with van der Waals surface area (Å²) in [6.45, 7) is 4.40. The number of anilines is 1. The van der Waals surface area contributed by atoms with Gasteiger partial charge in [0.15, 0.2) is 11.5 Å². The Balaban J connectivity index is 1.57. The molecule has 4 rings (SSSR count). The molecule has 0 bridgehead atoms. The van der Waals surface area contributed by atoms with E-state index in [1.54, 1.807) is 19.1 Å². The van der Waals surface area contributed by atoms with Crippen molar-refractivity contribution in [2.24, 2.45) is 5.92 Å². The van der Waals surface area contributed by atoms with Gasteiger partial charge in [-0.05, 0) is 49.8 Å². The van der Waals surface area contributed by atoms with Gasteiger partial charge < -0.3 is 19.5 Å². The van der Waals surface area contributed by atoms with Gasteiger partial charge in [-0.15, -0.1) is 11.3 Å². The maximum absolute atomic E-state index is 12.9. The number of carbonyl (C=O) groups excluding carboxylic acids is 2. The Morgan fingerprint density at radius 1 is 1.24 bits per heavy atom. The van der Waals surface area contributed by atoms with Crippen molar-refractivity contribution >= 4 is 28.2 Å². The van der Waals surface area contributed by atoms with Gasteiger partial charge in [0, 0.05) is 4.88 Å². The number of hydrogen-bond acceptors (Lipinski definition) is 6. The van der Waals surface area contributed by atoms with Crippen LogP contribution in [0.15, 0.2) is 24.3 Å². The van der Waals surface area contributed by atoms with Crippen LogP contribution < -0.4 is 14.8 Å². The quantitative estimate of drug-likeness (QED) is 0.740. The Hall–Kier alpha value is -2.54. The van der Waals surface area contributed by atoms with Gasteiger partial charge in [-0.3, -0.25) is 4.79 Å². The number of hydrogen-bond donors (Lipinski definition) is 1. The number of benzene rings is 1. The van der Waals surface area contributed by atoms with Crippen LogP contribution in [-0.4, -0.2) is 31.2 Å². The highest BCUT2D eigenvalue weighted by Crippen LogP contribution is 2.41. The third-order valence-electron chi connectivity index (χ3n) is 5.46. The number of ether oxygens (including phenoxy) is 3. The maximum Gasteiger partial charge on any atom is 0.341 e. The van der Waals surface area contributed by atoms with Crippen molar-refractivity contribution in [1.29, 1.82) is 0 Å². The Bertz CT molecular complexity index is 922. The van der Waals surface area contributed by atoms with E-state index in [1.807, 2.05) is 12.1 Å². The van der Waals surface area contributed by atoms with Gasteiger partial charge in [0.2, 0.25) is 6.10 Å². The fraction of sp³-hybridized carbons (Fsp3) is 0.455. The average molecular weight is 416 g/mol. The molecule has 1 aliphatic heterocycles. The fourth-order valence-electron chi connectivity index (χ4n) is 3.85. The summed E-state index contributed by atoms with van der Waals surface area (Å²) in [7, 11) is 0. The van der Waals surface area contributed by atoms with Gasteiger partial charge in [-0.2, -0.15) is 0 Å². The molecule has 0 radical (unpaired) electrons. The van der Waals surface area contributed by atoms with E-state index in [4.69, 9.17) is 14.2 Å². The topological polar surface area (TPSA) is 73.9 Å². The van der Waals surface area contributed by atoms with E-state index in [0.29, 0.717) is 34.6 Å². The predicted molar refractivity (Wildman–Crippen MR) is 111 cm³/mol. The monoisotopic (exact) mass is 415 g/mol. The highest BCUT2D eigenvalue weighted by atomic mass is 32.1. The zero-order valence-corrected chi connectivity index (χ0v) is 17.5. The van der Waals surface area contributed by atoms with Gasteiger partial charge in [0.1, 0.15) is 11.6 Å². The lowest BCUT2D eigenvalue weighted by Gasteiger charge is -2.25. The minimum atomic E-state index is -0.775. The van der Waals surface area contributed by atoms with E-state index in [2.05, 4.69) is 12.2 Å². The fourth-order valence-corrected chi connectivity index (χ4v) is 5.20. The molecule has 29 heavy (non-hydrogen) atoms. The zero-order chi connectivity index (χ0) is 20.4. The molecule has 1 aromatic heterocycles. The van der Waals surface area contributed by atoms with Crippen LogP contribution in [0.5, 0.6) is 11.5 Å². The first-order valence-electron chi connectivity index (χ1n) is 10.1. The molecule has 7 heteroatoms. The third kappa shape index (κ3) is 3.96. The van der Waals surface area contributed by atoms with Gasteiger partial charge in [0.25, 0.3) is 5.91 Å². The second-order valence-corrected chi connectivity index (χ2v) is 8.40. The predicted octanol–water partition coefficient (Wildman–Crippen LogP) is 4.22. The van der Waals surface area contributed by atoms with E-state index in [-0.39, 0.29) is 18.5 Å². The molecule has 6 nitrogen and oxygen atoms in total. The number of carbonyl (C=O) groups is 2. The molecular formula is C22H25NO5S. The summed E-state index contributed by atoms with van der Waals surface area (Å²) in [5.74, 6) is 1.09. The summed E-state index contributed by atoms with van der Waals surface area (Å²) in [5, 5.41) is 3.47. The number of nitrogens with one attached hydrogen (secondary N) is 1. The first kappa shape index (κ1) is 19.8. The summed E-state index contributed by atoms with van der Waals surface area (Å²) in [6, 6.07) is 7.26. The van der Waals surface area contributed by atoms with E-state index in [0.717, 1.165) is 31.2 Å². The summed E-state index contributed by atoms with van der Waals surface area (Å²) < 4.78 is 16.7. The Morgan fingerprint density at radius 2 is 2.03 bits per heavy atom. The minimum Gasteiger partial charge on any atom is -0.485 e. The van der Waals surface area contributed by atoms with Crippen molar-refractivity contribution in [2.45, 2.75) is 45.6 Å². The van der Waals surface area contributed by atoms with Crippen LogP contribution in [0.2, 0.25) is 0 Å². The second kappa shape index (κ2) is 8.45. The van der Waals surface area contributed by atoms with Gasteiger partial charge in [-0.25, -0.2) is 4.79 Å². The largest absolute Gasteiger partial charge is 0.485 e. The molecule has 0 fully saturated rings. The van der Waals surface area contributed by atoms with Crippen LogP contribution in [0.3, 0.4) is 0 Å². The average Bonchev–Trinajstić information content (AvgIpc) is 3.10. The van der Waals surface area contributed by atoms with Crippen molar-refractivity contribution < 1.29 is 23.8 Å². The van der Waals surface area contributed by atoms with E-state index >= 15 is 0 Å². The molecule has 0 saturated carbocycles. The van der Waals surface area contributed by atoms with E-state index in [1.165, 1.54) is 16.2 Å². The molecule has 1 amide bonds. The second-order valence-electron chi connectivity index (χ2n) is 7.30. The van der Waals surface area contributed by atoms with E-state index in [9.17, 15) is 9.59 Å². The number of para-hydroxylation sites is 2. The van der Waals surface area contributed by atoms with Crippen LogP contribution in [-0.2, 0) is 22.4 Å². The minimum absolute atomic E-state index is 0.126. The van der Waals surface area contributed by atoms with Crippen LogP contribution in [0.1, 0.15) is 47.5 Å². The van der Waals surface area contributed by atoms with Crippen LogP contribution in [0, 0.1) is 5.92 Å². The zero-order valence-electron chi connectivity index (χ0n) is 16.7. The highest BCUT2D eigenvalue weighted by Gasteiger charge is 2.33. The number of amides is 1. The number of fused-ring (bicyclic) bond motifs is 2. The standard InChI is InChI=1S/C22H25NO5S/c1-3-13-9-10-14-18(11-13)29-21(19(14)22(25)26-4-2)23-20(24)17-12-27-15-7-5-6-8-16(15)28-17/h5-8,13,17H,3-4,9-12H2,1-2H3,(H,23,24)/t13-,17-/m0/s1. The molecule has 2 atom stereocenters. The highest BCUT2D eigenvalue weighted by molar-refractivity contribution is 7.17. The van der Waals surface area contributed by atoms with Crippen molar-refractivity contribution in [3.8, 4) is 11.5 Å². The third-order valence-corrected chi connectivity index (χ3v) is 6.63. The molecule has 154 valence electrons. The first-order chi connectivity index (χ1) is 14.1. The first-order valence-corrected chi connectivity index (χ1v) is 10.9. The van der Waals surface area contributed by atoms with Crippen molar-refractivity contribution in [3.05, 3.63) is 40.3 Å². The normalized spacial score (nSPS) is 19.9. The molecule has 0 spiro atoms. The molecule has 1 aromatic carbocycles. The molecule has 0 unspecified atom stereocenters. The van der Waals surface area contributed by atoms with Crippen LogP contribution in [0.25, 0.3) is 0 Å². The molecule has 2 aromatic rings. The summed E-state index contributed by atoms with van der Waals surface area (Å²) in [6.07, 6.45) is 3.17. The maximum atomic E-state index is 12.9. The van der Waals surface area contributed by atoms with Crippen molar-refractivity contribution in [2.75, 3.05) is 18.5 Å². The lowest BCUT2D eigenvalue weighted by Crippen LogP contribution is -2.40. The van der Waals surface area contributed by atoms with Crippen LogP contribution in [0.4, 0.5) is 5.00 Å². The summed E-state index contributed by atoms with van der Waals surface area (Å²) in [5.41, 5.74) is 1.53. The number of thiophene rings is 1. The Labute approximate surface area is 174 Å². The van der Waals surface area contributed by atoms with Gasteiger partial charge in [0.05, 0.1) is 12.2 Å². The smallest absolute Gasteiger partial charge is 0.341 e. The molecule has 2 heterocycles. The molecular weight excluding hydrogens is 390 g/mol. The summed E-state index contributed by atoms with van der Waals surface area (Å²) >= 11 is 1.48. The SMILES string of the molecule is CCOC(=O)c1c(NC(=O)[C@@H]2COc3ccccc3O2)sc2c1CC[C@H](CC)C2.